The lowest BCUT2D eigenvalue weighted by Crippen LogP contribution is -2.30. The van der Waals surface area contributed by atoms with Gasteiger partial charge in [0.05, 0.1) is 17.5 Å². The second kappa shape index (κ2) is 8.99. The van der Waals surface area contributed by atoms with Gasteiger partial charge < -0.3 is 19.8 Å². The van der Waals surface area contributed by atoms with Gasteiger partial charge in [-0.1, -0.05) is 0 Å². The number of ether oxygens (including phenoxy) is 1. The van der Waals surface area contributed by atoms with Crippen LogP contribution in [0.15, 0.2) is 65.3 Å². The molecular formula is C21H16F2N2O5. The first kappa shape index (κ1) is 20.7. The largest absolute Gasteiger partial charge is 0.459 e. The van der Waals surface area contributed by atoms with Crippen LogP contribution in [0.1, 0.15) is 27.8 Å². The zero-order valence-electron chi connectivity index (χ0n) is 15.6. The molecule has 9 heteroatoms. The van der Waals surface area contributed by atoms with E-state index in [4.69, 9.17) is 9.15 Å². The number of furan rings is 1. The van der Waals surface area contributed by atoms with E-state index in [2.05, 4.69) is 10.6 Å². The van der Waals surface area contributed by atoms with Crippen LogP contribution in [0.5, 0.6) is 0 Å². The van der Waals surface area contributed by atoms with Crippen molar-refractivity contribution in [2.75, 3.05) is 10.6 Å². The van der Waals surface area contributed by atoms with Gasteiger partial charge in [-0.05, 0) is 55.5 Å². The summed E-state index contributed by atoms with van der Waals surface area (Å²) in [5.41, 5.74) is 0.183. The number of nitrogens with one attached hydrogen (secondary N) is 2. The number of carbonyl (C=O) groups excluding carboxylic acids is 3. The summed E-state index contributed by atoms with van der Waals surface area (Å²) in [4.78, 5) is 36.2. The van der Waals surface area contributed by atoms with Crippen molar-refractivity contribution in [2.24, 2.45) is 0 Å². The van der Waals surface area contributed by atoms with Crippen molar-refractivity contribution in [1.82, 2.24) is 0 Å². The fourth-order valence-corrected chi connectivity index (χ4v) is 2.40. The lowest BCUT2D eigenvalue weighted by molar-refractivity contribution is -0.123. The molecule has 30 heavy (non-hydrogen) atoms. The first-order valence-electron chi connectivity index (χ1n) is 8.75. The molecule has 0 fully saturated rings. The Labute approximate surface area is 169 Å². The topological polar surface area (TPSA) is 97.6 Å². The fraction of sp³-hybridized carbons (Fsp3) is 0.0952. The van der Waals surface area contributed by atoms with Crippen LogP contribution in [-0.4, -0.2) is 23.9 Å². The van der Waals surface area contributed by atoms with E-state index in [0.717, 1.165) is 18.2 Å². The van der Waals surface area contributed by atoms with Gasteiger partial charge in [0.25, 0.3) is 11.8 Å². The van der Waals surface area contributed by atoms with Crippen molar-refractivity contribution in [3.05, 3.63) is 83.8 Å². The second-order valence-electron chi connectivity index (χ2n) is 6.17. The van der Waals surface area contributed by atoms with Crippen molar-refractivity contribution in [3.63, 3.8) is 0 Å². The van der Waals surface area contributed by atoms with Gasteiger partial charge in [0.1, 0.15) is 11.6 Å². The number of benzene rings is 2. The Hall–Kier alpha value is -4.01. The maximum Gasteiger partial charge on any atom is 0.338 e. The van der Waals surface area contributed by atoms with Gasteiger partial charge in [-0.3, -0.25) is 9.59 Å². The van der Waals surface area contributed by atoms with Crippen LogP contribution < -0.4 is 10.6 Å². The van der Waals surface area contributed by atoms with E-state index >= 15 is 0 Å². The molecular weight excluding hydrogens is 398 g/mol. The molecule has 1 aromatic heterocycles. The summed E-state index contributed by atoms with van der Waals surface area (Å²) < 4.78 is 36.8. The summed E-state index contributed by atoms with van der Waals surface area (Å²) in [6, 6.07) is 11.4. The molecule has 7 nitrogen and oxygen atoms in total. The maximum atomic E-state index is 13.6. The summed E-state index contributed by atoms with van der Waals surface area (Å²) in [6.07, 6.45) is 0.104. The standard InChI is InChI=1S/C21H16F2N2O5/c1-12(19(26)25-17-11-14(22)6-9-16(17)23)30-21(28)13-4-7-15(8-5-13)24-20(27)18-3-2-10-29-18/h2-12H,1H3,(H,24,27)(H,25,26)/t12-/m0/s1. The number of hydrogen-bond acceptors (Lipinski definition) is 5. The van der Waals surface area contributed by atoms with Gasteiger partial charge in [-0.25, -0.2) is 13.6 Å². The molecule has 0 aliphatic carbocycles. The summed E-state index contributed by atoms with van der Waals surface area (Å²) in [7, 11) is 0. The number of anilines is 2. The van der Waals surface area contributed by atoms with E-state index in [9.17, 15) is 23.2 Å². The third-order valence-corrected chi connectivity index (χ3v) is 3.96. The van der Waals surface area contributed by atoms with Gasteiger partial charge >= 0.3 is 5.97 Å². The Morgan fingerprint density at radius 2 is 1.73 bits per heavy atom. The van der Waals surface area contributed by atoms with E-state index in [1.165, 1.54) is 43.5 Å². The van der Waals surface area contributed by atoms with Gasteiger partial charge in [0.2, 0.25) is 0 Å². The van der Waals surface area contributed by atoms with Crippen molar-refractivity contribution in [2.45, 2.75) is 13.0 Å². The third-order valence-electron chi connectivity index (χ3n) is 3.96. The van der Waals surface area contributed by atoms with Gasteiger partial charge in [-0.15, -0.1) is 0 Å². The van der Waals surface area contributed by atoms with E-state index in [-0.39, 0.29) is 17.0 Å². The summed E-state index contributed by atoms with van der Waals surface area (Å²) >= 11 is 0. The van der Waals surface area contributed by atoms with E-state index < -0.39 is 35.5 Å². The predicted molar refractivity (Wildman–Crippen MR) is 103 cm³/mol. The molecule has 0 radical (unpaired) electrons. The first-order valence-corrected chi connectivity index (χ1v) is 8.75. The van der Waals surface area contributed by atoms with Crippen LogP contribution >= 0.6 is 0 Å². The number of rotatable bonds is 6. The van der Waals surface area contributed by atoms with E-state index in [1.807, 2.05) is 0 Å². The zero-order valence-corrected chi connectivity index (χ0v) is 15.6. The summed E-state index contributed by atoms with van der Waals surface area (Å²) in [5, 5.41) is 4.76. The smallest absolute Gasteiger partial charge is 0.338 e. The van der Waals surface area contributed by atoms with Crippen LogP contribution in [-0.2, 0) is 9.53 Å². The quantitative estimate of drug-likeness (QED) is 0.595. The number of halogens is 2. The minimum Gasteiger partial charge on any atom is -0.459 e. The van der Waals surface area contributed by atoms with Crippen molar-refractivity contribution in [1.29, 1.82) is 0 Å². The Morgan fingerprint density at radius 3 is 2.40 bits per heavy atom. The molecule has 1 heterocycles. The molecule has 0 aliphatic rings. The molecule has 0 saturated carbocycles. The predicted octanol–water partition coefficient (Wildman–Crippen LogP) is 3.99. The van der Waals surface area contributed by atoms with Crippen LogP contribution in [0.2, 0.25) is 0 Å². The second-order valence-corrected chi connectivity index (χ2v) is 6.17. The molecule has 2 amide bonds. The minimum absolute atomic E-state index is 0.127. The normalized spacial score (nSPS) is 11.4. The highest BCUT2D eigenvalue weighted by atomic mass is 19.1. The molecule has 0 aliphatic heterocycles. The molecule has 154 valence electrons. The van der Waals surface area contributed by atoms with Crippen molar-refractivity contribution >= 4 is 29.2 Å². The molecule has 2 N–H and O–H groups in total. The van der Waals surface area contributed by atoms with Gasteiger partial charge in [-0.2, -0.15) is 0 Å². The molecule has 1 atom stereocenters. The highest BCUT2D eigenvalue weighted by Crippen LogP contribution is 2.17. The zero-order chi connectivity index (χ0) is 21.7. The Balaban J connectivity index is 1.57. The van der Waals surface area contributed by atoms with Crippen LogP contribution in [0.25, 0.3) is 0 Å². The molecule has 0 unspecified atom stereocenters. The average molecular weight is 414 g/mol. The molecule has 0 saturated heterocycles. The van der Waals surface area contributed by atoms with Crippen LogP contribution in [0, 0.1) is 11.6 Å². The molecule has 3 rings (SSSR count). The van der Waals surface area contributed by atoms with Gasteiger partial charge in [0.15, 0.2) is 11.9 Å². The Kier molecular flexibility index (Phi) is 6.21. The lowest BCUT2D eigenvalue weighted by Gasteiger charge is -2.14. The number of carbonyl (C=O) groups is 3. The first-order chi connectivity index (χ1) is 14.3. The summed E-state index contributed by atoms with van der Waals surface area (Å²) in [6.45, 7) is 1.29. The SMILES string of the molecule is C[C@H](OC(=O)c1ccc(NC(=O)c2ccco2)cc1)C(=O)Nc1cc(F)ccc1F. The Morgan fingerprint density at radius 1 is 1.00 bits per heavy atom. The van der Waals surface area contributed by atoms with E-state index in [1.54, 1.807) is 6.07 Å². The van der Waals surface area contributed by atoms with Crippen molar-refractivity contribution in [3.8, 4) is 0 Å². The molecule has 3 aromatic rings. The third kappa shape index (κ3) is 5.07. The van der Waals surface area contributed by atoms with E-state index in [0.29, 0.717) is 5.69 Å². The molecule has 2 aromatic carbocycles. The highest BCUT2D eigenvalue weighted by Gasteiger charge is 2.20. The monoisotopic (exact) mass is 414 g/mol. The summed E-state index contributed by atoms with van der Waals surface area (Å²) in [5.74, 6) is -3.50. The fourth-order valence-electron chi connectivity index (χ4n) is 2.40. The number of esters is 1. The van der Waals surface area contributed by atoms with Crippen LogP contribution in [0.4, 0.5) is 20.2 Å². The minimum atomic E-state index is -1.27. The van der Waals surface area contributed by atoms with Crippen LogP contribution in [0.3, 0.4) is 0 Å². The number of hydrogen-bond donors (Lipinski definition) is 2. The lowest BCUT2D eigenvalue weighted by atomic mass is 10.2. The highest BCUT2D eigenvalue weighted by molar-refractivity contribution is 6.02. The molecule has 0 bridgehead atoms. The Bertz CT molecular complexity index is 1070. The maximum absolute atomic E-state index is 13.6. The van der Waals surface area contributed by atoms with Gasteiger partial charge in [0, 0.05) is 11.8 Å². The molecule has 0 spiro atoms. The average Bonchev–Trinajstić information content (AvgIpc) is 3.26. The van der Waals surface area contributed by atoms with Crippen molar-refractivity contribution < 1.29 is 32.3 Å². The number of amides is 2.